The fourth-order valence-corrected chi connectivity index (χ4v) is 1.81. The molecule has 3 N–H and O–H groups in total. The molecule has 0 saturated carbocycles. The van der Waals surface area contributed by atoms with Crippen molar-refractivity contribution < 1.29 is 9.72 Å². The summed E-state index contributed by atoms with van der Waals surface area (Å²) in [5.41, 5.74) is 6.30. The average Bonchev–Trinajstić information content (AvgIpc) is 2.45. The van der Waals surface area contributed by atoms with E-state index in [2.05, 4.69) is 5.32 Å². The molecule has 20 heavy (non-hydrogen) atoms. The van der Waals surface area contributed by atoms with Gasteiger partial charge in [-0.15, -0.1) is 0 Å². The molecule has 0 bridgehead atoms. The molecule has 0 atom stereocenters. The van der Waals surface area contributed by atoms with Crippen LogP contribution in [0.3, 0.4) is 0 Å². The monoisotopic (exact) mass is 279 g/mol. The number of non-ortho nitro benzene ring substituents is 1. The second-order valence-electron chi connectivity index (χ2n) is 4.65. The molecular weight excluding hydrogens is 258 g/mol. The van der Waals surface area contributed by atoms with E-state index in [9.17, 15) is 14.9 Å². The van der Waals surface area contributed by atoms with Gasteiger partial charge in [0.15, 0.2) is 0 Å². The van der Waals surface area contributed by atoms with Crippen molar-refractivity contribution in [1.82, 2.24) is 5.32 Å². The van der Waals surface area contributed by atoms with Crippen molar-refractivity contribution >= 4 is 11.6 Å². The van der Waals surface area contributed by atoms with Gasteiger partial charge in [0.2, 0.25) is 5.91 Å². The highest BCUT2D eigenvalue weighted by molar-refractivity contribution is 5.75. The molecule has 0 aliphatic rings. The maximum absolute atomic E-state index is 11.6. The first kappa shape index (κ1) is 16.1. The Kier molecular flexibility index (Phi) is 7.27. The summed E-state index contributed by atoms with van der Waals surface area (Å²) in [7, 11) is 0. The number of unbranched alkanes of at least 4 members (excludes halogenated alkanes) is 3. The van der Waals surface area contributed by atoms with Gasteiger partial charge in [0.1, 0.15) is 0 Å². The number of carbonyl (C=O) groups is 1. The van der Waals surface area contributed by atoms with Gasteiger partial charge >= 0.3 is 0 Å². The Bertz CT molecular complexity index is 432. The van der Waals surface area contributed by atoms with E-state index in [1.807, 2.05) is 0 Å². The highest BCUT2D eigenvalue weighted by Gasteiger charge is 2.05. The Hall–Kier alpha value is -1.95. The van der Waals surface area contributed by atoms with Crippen molar-refractivity contribution in [2.45, 2.75) is 38.6 Å². The first-order valence-corrected chi connectivity index (χ1v) is 6.83. The Labute approximate surface area is 118 Å². The van der Waals surface area contributed by atoms with Gasteiger partial charge in [-0.1, -0.05) is 25.0 Å². The van der Waals surface area contributed by atoms with E-state index in [4.69, 9.17) is 5.73 Å². The van der Waals surface area contributed by atoms with Crippen LogP contribution in [0.2, 0.25) is 0 Å². The zero-order chi connectivity index (χ0) is 14.8. The number of amides is 1. The zero-order valence-electron chi connectivity index (χ0n) is 11.5. The SMILES string of the molecule is NCCCCCCC(=O)NCc1ccc([N+](=O)[O-])cc1. The third kappa shape index (κ3) is 6.29. The van der Waals surface area contributed by atoms with Gasteiger partial charge < -0.3 is 11.1 Å². The molecule has 1 amide bonds. The molecule has 0 fully saturated rings. The molecule has 0 aliphatic carbocycles. The predicted molar refractivity (Wildman–Crippen MR) is 77.1 cm³/mol. The van der Waals surface area contributed by atoms with Crippen molar-refractivity contribution in [2.75, 3.05) is 6.54 Å². The van der Waals surface area contributed by atoms with Crippen LogP contribution in [0, 0.1) is 10.1 Å². The summed E-state index contributed by atoms with van der Waals surface area (Å²) in [4.78, 5) is 21.6. The number of nitrogens with two attached hydrogens (primary N) is 1. The number of hydrogen-bond acceptors (Lipinski definition) is 4. The molecule has 0 aliphatic heterocycles. The van der Waals surface area contributed by atoms with Gasteiger partial charge in [0, 0.05) is 25.1 Å². The predicted octanol–water partition coefficient (Wildman–Crippen LogP) is 2.12. The summed E-state index contributed by atoms with van der Waals surface area (Å²) in [6, 6.07) is 6.18. The van der Waals surface area contributed by atoms with Gasteiger partial charge in [-0.25, -0.2) is 0 Å². The maximum atomic E-state index is 11.6. The van der Waals surface area contributed by atoms with Crippen molar-refractivity contribution in [1.29, 1.82) is 0 Å². The number of rotatable bonds is 9. The molecule has 1 aromatic rings. The molecule has 1 aromatic carbocycles. The normalized spacial score (nSPS) is 10.2. The second kappa shape index (κ2) is 9.03. The van der Waals surface area contributed by atoms with Gasteiger partial charge in [-0.3, -0.25) is 14.9 Å². The summed E-state index contributed by atoms with van der Waals surface area (Å²) >= 11 is 0. The van der Waals surface area contributed by atoms with Crippen molar-refractivity contribution in [3.05, 3.63) is 39.9 Å². The molecule has 0 heterocycles. The molecule has 0 radical (unpaired) electrons. The maximum Gasteiger partial charge on any atom is 0.269 e. The molecule has 0 aromatic heterocycles. The summed E-state index contributed by atoms with van der Waals surface area (Å²) < 4.78 is 0. The van der Waals surface area contributed by atoms with Crippen LogP contribution in [0.1, 0.15) is 37.7 Å². The van der Waals surface area contributed by atoms with Crippen LogP contribution in [0.15, 0.2) is 24.3 Å². The molecule has 1 rings (SSSR count). The number of nitro benzene ring substituents is 1. The first-order valence-electron chi connectivity index (χ1n) is 6.83. The second-order valence-corrected chi connectivity index (χ2v) is 4.65. The quantitative estimate of drug-likeness (QED) is 0.411. The number of nitrogens with one attached hydrogen (secondary N) is 1. The van der Waals surface area contributed by atoms with Gasteiger partial charge in [-0.2, -0.15) is 0 Å². The lowest BCUT2D eigenvalue weighted by molar-refractivity contribution is -0.384. The smallest absolute Gasteiger partial charge is 0.269 e. The van der Waals surface area contributed by atoms with Crippen LogP contribution in [-0.2, 0) is 11.3 Å². The van der Waals surface area contributed by atoms with E-state index in [1.165, 1.54) is 12.1 Å². The van der Waals surface area contributed by atoms with Gasteiger partial charge in [0.05, 0.1) is 4.92 Å². The van der Waals surface area contributed by atoms with Gasteiger partial charge in [0.25, 0.3) is 5.69 Å². The number of benzene rings is 1. The minimum atomic E-state index is -0.441. The molecule has 0 unspecified atom stereocenters. The zero-order valence-corrected chi connectivity index (χ0v) is 11.5. The summed E-state index contributed by atoms with van der Waals surface area (Å²) in [6.07, 6.45) is 4.46. The molecular formula is C14H21N3O3. The summed E-state index contributed by atoms with van der Waals surface area (Å²) in [5.74, 6) is 0.0103. The summed E-state index contributed by atoms with van der Waals surface area (Å²) in [6.45, 7) is 1.10. The summed E-state index contributed by atoms with van der Waals surface area (Å²) in [5, 5.41) is 13.3. The van der Waals surface area contributed by atoms with Crippen molar-refractivity contribution in [2.24, 2.45) is 5.73 Å². The number of nitrogens with zero attached hydrogens (tertiary/aromatic N) is 1. The lowest BCUT2D eigenvalue weighted by Crippen LogP contribution is -2.22. The van der Waals surface area contributed by atoms with Gasteiger partial charge in [-0.05, 0) is 24.9 Å². The lowest BCUT2D eigenvalue weighted by atomic mass is 10.1. The Morgan fingerprint density at radius 2 is 1.80 bits per heavy atom. The highest BCUT2D eigenvalue weighted by atomic mass is 16.6. The van der Waals surface area contributed by atoms with Crippen molar-refractivity contribution in [3.8, 4) is 0 Å². The van der Waals surface area contributed by atoms with E-state index in [-0.39, 0.29) is 11.6 Å². The molecule has 0 saturated heterocycles. The number of nitro groups is 1. The Morgan fingerprint density at radius 1 is 1.15 bits per heavy atom. The number of hydrogen-bond donors (Lipinski definition) is 2. The van der Waals surface area contributed by atoms with E-state index >= 15 is 0 Å². The van der Waals surface area contributed by atoms with E-state index in [0.717, 1.165) is 31.2 Å². The van der Waals surface area contributed by atoms with Crippen LogP contribution in [0.25, 0.3) is 0 Å². The van der Waals surface area contributed by atoms with Crippen LogP contribution in [-0.4, -0.2) is 17.4 Å². The van der Waals surface area contributed by atoms with Crippen LogP contribution in [0.4, 0.5) is 5.69 Å². The third-order valence-corrected chi connectivity index (χ3v) is 2.99. The topological polar surface area (TPSA) is 98.3 Å². The van der Waals surface area contributed by atoms with Crippen molar-refractivity contribution in [3.63, 3.8) is 0 Å². The molecule has 0 spiro atoms. The van der Waals surface area contributed by atoms with Crippen LogP contribution < -0.4 is 11.1 Å². The minimum Gasteiger partial charge on any atom is -0.352 e. The van der Waals surface area contributed by atoms with E-state index in [0.29, 0.717) is 19.5 Å². The largest absolute Gasteiger partial charge is 0.352 e. The average molecular weight is 279 g/mol. The number of carbonyl (C=O) groups excluding carboxylic acids is 1. The Balaban J connectivity index is 2.22. The van der Waals surface area contributed by atoms with E-state index < -0.39 is 4.92 Å². The van der Waals surface area contributed by atoms with Crippen LogP contribution >= 0.6 is 0 Å². The standard InChI is InChI=1S/C14H21N3O3/c15-10-4-2-1-3-5-14(18)16-11-12-6-8-13(9-7-12)17(19)20/h6-9H,1-5,10-11,15H2,(H,16,18). The molecule has 6 heteroatoms. The minimum absolute atomic E-state index is 0.0103. The highest BCUT2D eigenvalue weighted by Crippen LogP contribution is 2.11. The lowest BCUT2D eigenvalue weighted by Gasteiger charge is -2.05. The molecule has 110 valence electrons. The third-order valence-electron chi connectivity index (χ3n) is 2.99. The first-order chi connectivity index (χ1) is 9.63. The van der Waals surface area contributed by atoms with Crippen LogP contribution in [0.5, 0.6) is 0 Å². The fraction of sp³-hybridized carbons (Fsp3) is 0.500. The molecule has 6 nitrogen and oxygen atoms in total. The fourth-order valence-electron chi connectivity index (χ4n) is 1.81. The Morgan fingerprint density at radius 3 is 2.40 bits per heavy atom. The van der Waals surface area contributed by atoms with E-state index in [1.54, 1.807) is 12.1 Å².